The van der Waals surface area contributed by atoms with E-state index >= 15 is 0 Å². The van der Waals surface area contributed by atoms with E-state index in [9.17, 15) is 9.59 Å². The van der Waals surface area contributed by atoms with Crippen LogP contribution >= 0.6 is 188 Å². The van der Waals surface area contributed by atoms with Crippen LogP contribution in [0, 0.1) is 22.7 Å². The lowest BCUT2D eigenvalue weighted by Crippen LogP contribution is -2.22. The number of ketones is 2. The number of nitriles is 2. The van der Waals surface area contributed by atoms with Crippen LogP contribution in [0.5, 0.6) is 0 Å². The molecule has 0 fully saturated rings. The number of rotatable bonds is 0. The van der Waals surface area contributed by atoms with Crippen molar-refractivity contribution in [3.63, 3.8) is 0 Å². The highest BCUT2D eigenvalue weighted by molar-refractivity contribution is 8.47. The number of Topliss-reactive ketones (excluding diaryl/α,β-unsaturated/α-hetero) is 2. The Balaban J connectivity index is 0.000000119. The minimum absolute atomic E-state index is 0.855. The van der Waals surface area contributed by atoms with Gasteiger partial charge < -0.3 is 10.2 Å². The fourth-order valence-electron chi connectivity index (χ4n) is 4.09. The van der Waals surface area contributed by atoms with Gasteiger partial charge in [-0.3, -0.25) is 9.59 Å². The van der Waals surface area contributed by atoms with Crippen LogP contribution in [-0.2, 0) is 9.59 Å². The summed E-state index contributed by atoms with van der Waals surface area (Å²) in [5.41, 5.74) is -1.71. The van der Waals surface area contributed by atoms with Crippen molar-refractivity contribution in [2.75, 3.05) is 46.0 Å². The molecule has 0 saturated carbocycles. The summed E-state index contributed by atoms with van der Waals surface area (Å²) in [4.78, 5) is 22.1. The van der Waals surface area contributed by atoms with Crippen molar-refractivity contribution in [3.05, 3.63) is 73.5 Å². The van der Waals surface area contributed by atoms with Crippen LogP contribution in [0.15, 0.2) is 73.5 Å². The second-order valence-electron chi connectivity index (χ2n) is 9.38. The predicted octanol–water partition coefficient (Wildman–Crippen LogP) is 12.4. The van der Waals surface area contributed by atoms with Gasteiger partial charge in [0.1, 0.15) is 23.3 Å². The molecule has 6 nitrogen and oxygen atoms in total. The van der Waals surface area contributed by atoms with Crippen molar-refractivity contribution in [2.24, 2.45) is 0 Å². The number of carbonyl (C=O) groups is 2. The minimum atomic E-state index is -1.22. The standard InChI is InChI=1S/2C10H8S8.C8H2N2O4/c2*1-2-12-6-5(11-1)15-9(16-6)10-17-7-8(18-10)14-4-3-13-7;9-1-3-5(11)7(13)4(2-10)8(14)6(3)12/h2*1-4H2;11,14H. The van der Waals surface area contributed by atoms with E-state index in [-0.39, 0.29) is 0 Å². The van der Waals surface area contributed by atoms with Crippen LogP contribution in [0.2, 0.25) is 0 Å². The molecular weight excluding hydrogens is 941 g/mol. The van der Waals surface area contributed by atoms with E-state index in [1.54, 1.807) is 33.9 Å². The maximum Gasteiger partial charge on any atom is 0.243 e. The Hall–Kier alpha value is 1.44. The van der Waals surface area contributed by atoms with Gasteiger partial charge in [0.25, 0.3) is 0 Å². The van der Waals surface area contributed by atoms with Gasteiger partial charge in [-0.2, -0.15) is 10.5 Å². The van der Waals surface area contributed by atoms with E-state index in [1.165, 1.54) is 75.1 Å². The number of hydrogen-bond donors (Lipinski definition) is 2. The summed E-state index contributed by atoms with van der Waals surface area (Å²) in [5.74, 6) is 5.57. The summed E-state index contributed by atoms with van der Waals surface area (Å²) < 4.78 is 18.6. The molecule has 0 bridgehead atoms. The van der Waals surface area contributed by atoms with Crippen LogP contribution in [0.1, 0.15) is 0 Å². The molecule has 2 N–H and O–H groups in total. The Morgan fingerprint density at radius 2 is 0.540 bits per heavy atom. The predicted molar refractivity (Wildman–Crippen MR) is 243 cm³/mol. The number of hydrogen-bond acceptors (Lipinski definition) is 22. The molecule has 0 atom stereocenters. The first kappa shape index (κ1) is 39.7. The zero-order valence-corrected chi connectivity index (χ0v) is 37.9. The van der Waals surface area contributed by atoms with Gasteiger partial charge in [-0.15, -0.1) is 94.1 Å². The molecule has 0 saturated heterocycles. The summed E-state index contributed by atoms with van der Waals surface area (Å²) in [6.07, 6.45) is 0. The zero-order valence-electron chi connectivity index (χ0n) is 24.8. The molecule has 0 unspecified atom stereocenters. The number of aliphatic hydroxyl groups excluding tert-OH is 2. The molecule has 8 heterocycles. The van der Waals surface area contributed by atoms with Gasteiger partial charge >= 0.3 is 0 Å². The van der Waals surface area contributed by atoms with E-state index < -0.39 is 34.2 Å². The lowest BCUT2D eigenvalue weighted by molar-refractivity contribution is -0.119. The van der Waals surface area contributed by atoms with Gasteiger partial charge in [0.05, 0.1) is 50.8 Å². The SMILES string of the molecule is C1CSC2=C(S1)SC(=C1SC3=C(SCCS3)S1)S2.C1CSC2=C(S1)SC(=C1SC3=C(SCCS3)S1)S2.N#CC1=C(O)C(=O)C(C#N)=C(O)C1=O. The van der Waals surface area contributed by atoms with Crippen LogP contribution < -0.4 is 0 Å². The van der Waals surface area contributed by atoms with Crippen LogP contribution in [-0.4, -0.2) is 67.8 Å². The molecule has 260 valence electrons. The van der Waals surface area contributed by atoms with Gasteiger partial charge in [-0.05, 0) is 0 Å². The maximum absolute atomic E-state index is 11.0. The van der Waals surface area contributed by atoms with Crippen LogP contribution in [0.25, 0.3) is 0 Å². The van der Waals surface area contributed by atoms with Crippen molar-refractivity contribution in [1.29, 1.82) is 10.5 Å². The highest BCUT2D eigenvalue weighted by Crippen LogP contribution is 2.69. The third-order valence-corrected chi connectivity index (χ3v) is 30.5. The molecule has 1 aliphatic carbocycles. The first-order valence-corrected chi connectivity index (χ1v) is 28.4. The molecule has 8 aliphatic heterocycles. The number of thioether (sulfide) groups is 16. The molecule has 0 aromatic rings. The Morgan fingerprint density at radius 3 is 0.700 bits per heavy atom. The summed E-state index contributed by atoms with van der Waals surface area (Å²) in [6, 6.07) is 2.53. The molecule has 0 aromatic carbocycles. The van der Waals surface area contributed by atoms with E-state index in [1.807, 2.05) is 188 Å². The Kier molecular flexibility index (Phi) is 14.7. The lowest BCUT2D eigenvalue weighted by atomic mass is 9.95. The average molecular weight is 960 g/mol. The van der Waals surface area contributed by atoms with Gasteiger partial charge in [0.2, 0.25) is 11.6 Å². The fourth-order valence-corrected chi connectivity index (χ4v) is 28.5. The summed E-state index contributed by atoms with van der Waals surface area (Å²) in [7, 11) is 0. The fraction of sp³-hybridized carbons (Fsp3) is 0.286. The maximum atomic E-state index is 11.0. The van der Waals surface area contributed by atoms with Crippen molar-refractivity contribution in [3.8, 4) is 12.1 Å². The molecular formula is C28H18N2O4S16. The Bertz CT molecular complexity index is 1610. The first-order valence-electron chi connectivity index (χ1n) is 14.0. The van der Waals surface area contributed by atoms with Gasteiger partial charge in [-0.1, -0.05) is 94.1 Å². The molecule has 22 heteroatoms. The summed E-state index contributed by atoms with van der Waals surface area (Å²) in [5, 5.41) is 34.8. The molecule has 9 rings (SSSR count). The van der Waals surface area contributed by atoms with Crippen LogP contribution in [0.4, 0.5) is 0 Å². The third-order valence-electron chi connectivity index (χ3n) is 6.26. The van der Waals surface area contributed by atoms with Gasteiger partial charge in [0.15, 0.2) is 11.5 Å². The monoisotopic (exact) mass is 958 g/mol. The summed E-state index contributed by atoms with van der Waals surface area (Å²) in [6.45, 7) is 0. The highest BCUT2D eigenvalue weighted by atomic mass is 32.3. The van der Waals surface area contributed by atoms with Gasteiger partial charge in [0, 0.05) is 46.0 Å². The molecule has 0 radical (unpaired) electrons. The van der Waals surface area contributed by atoms with E-state index in [4.69, 9.17) is 20.7 Å². The second kappa shape index (κ2) is 18.6. The summed E-state index contributed by atoms with van der Waals surface area (Å²) >= 11 is 32.5. The van der Waals surface area contributed by atoms with Gasteiger partial charge in [-0.25, -0.2) is 0 Å². The molecule has 50 heavy (non-hydrogen) atoms. The van der Waals surface area contributed by atoms with Crippen molar-refractivity contribution in [2.45, 2.75) is 0 Å². The molecule has 0 aromatic heterocycles. The molecule has 9 aliphatic rings. The molecule has 0 amide bonds. The minimum Gasteiger partial charge on any atom is -0.503 e. The number of carbonyl (C=O) groups excluding carboxylic acids is 2. The zero-order chi connectivity index (χ0) is 34.8. The highest BCUT2D eigenvalue weighted by Gasteiger charge is 2.36. The van der Waals surface area contributed by atoms with Crippen molar-refractivity contribution >= 4 is 200 Å². The first-order chi connectivity index (χ1) is 24.3. The van der Waals surface area contributed by atoms with E-state index in [0.717, 1.165) is 0 Å². The number of nitrogens with zero attached hydrogens (tertiary/aromatic N) is 2. The average Bonchev–Trinajstić information content (AvgIpc) is 3.95. The largest absolute Gasteiger partial charge is 0.503 e. The van der Waals surface area contributed by atoms with E-state index in [0.29, 0.717) is 0 Å². The normalized spacial score (nSPS) is 24.8. The van der Waals surface area contributed by atoms with Crippen molar-refractivity contribution in [1.82, 2.24) is 0 Å². The lowest BCUT2D eigenvalue weighted by Gasteiger charge is -2.08. The third kappa shape index (κ3) is 9.01. The molecule has 0 spiro atoms. The van der Waals surface area contributed by atoms with Crippen LogP contribution in [0.3, 0.4) is 0 Å². The van der Waals surface area contributed by atoms with E-state index in [2.05, 4.69) is 0 Å². The van der Waals surface area contributed by atoms with Crippen molar-refractivity contribution < 1.29 is 19.8 Å². The Labute approximate surface area is 357 Å². The Morgan fingerprint density at radius 1 is 0.360 bits per heavy atom. The number of aliphatic hydroxyl groups is 2. The second-order valence-corrected chi connectivity index (χ2v) is 29.5. The smallest absolute Gasteiger partial charge is 0.243 e. The topological polar surface area (TPSA) is 122 Å². The quantitative estimate of drug-likeness (QED) is 0.224. The number of allylic oxidation sites excluding steroid dienone is 2.